The molecule has 5 nitrogen and oxygen atoms in total. The summed E-state index contributed by atoms with van der Waals surface area (Å²) in [4.78, 5) is 10.1. The summed E-state index contributed by atoms with van der Waals surface area (Å²) >= 11 is 0. The van der Waals surface area contributed by atoms with Crippen molar-refractivity contribution in [2.45, 2.75) is 66.0 Å². The zero-order chi connectivity index (χ0) is 22.6. The Kier molecular flexibility index (Phi) is 7.42. The molecule has 1 aliphatic heterocycles. The van der Waals surface area contributed by atoms with Crippen molar-refractivity contribution in [2.75, 3.05) is 31.1 Å². The molecule has 0 radical (unpaired) electrons. The summed E-state index contributed by atoms with van der Waals surface area (Å²) in [5.74, 6) is 1.98. The van der Waals surface area contributed by atoms with Crippen molar-refractivity contribution in [2.24, 2.45) is 5.73 Å². The number of benzene rings is 1. The lowest BCUT2D eigenvalue weighted by molar-refractivity contribution is 0.117. The molecule has 31 heavy (non-hydrogen) atoms. The van der Waals surface area contributed by atoms with Gasteiger partial charge < -0.3 is 20.1 Å². The van der Waals surface area contributed by atoms with Crippen LogP contribution >= 0.6 is 0 Å². The van der Waals surface area contributed by atoms with E-state index < -0.39 is 0 Å². The van der Waals surface area contributed by atoms with Crippen molar-refractivity contribution in [1.29, 1.82) is 0 Å². The Morgan fingerprint density at radius 3 is 2.32 bits per heavy atom. The van der Waals surface area contributed by atoms with E-state index in [-0.39, 0.29) is 11.4 Å². The lowest BCUT2D eigenvalue weighted by atomic mass is 9.97. The summed E-state index contributed by atoms with van der Waals surface area (Å²) in [5.41, 5.74) is 8.90. The molecule has 2 heterocycles. The molecule has 3 rings (SSSR count). The van der Waals surface area contributed by atoms with Crippen LogP contribution in [0, 0.1) is 5.82 Å². The highest BCUT2D eigenvalue weighted by Gasteiger charge is 2.40. The molecule has 1 aliphatic rings. The molecule has 0 bridgehead atoms. The van der Waals surface area contributed by atoms with Crippen LogP contribution in [0.5, 0.6) is 0 Å². The quantitative estimate of drug-likeness (QED) is 0.603. The van der Waals surface area contributed by atoms with Gasteiger partial charge in [0.25, 0.3) is 0 Å². The first-order chi connectivity index (χ1) is 14.9. The van der Waals surface area contributed by atoms with Gasteiger partial charge in [0.1, 0.15) is 23.2 Å². The van der Waals surface area contributed by atoms with Gasteiger partial charge in [-0.15, -0.1) is 0 Å². The largest absolute Gasteiger partial charge is 0.360 e. The second-order valence-corrected chi connectivity index (χ2v) is 8.77. The number of anilines is 1. The standard InChI is InChI=1S/C25H38FN5/c1-6-9-21(18-27)31-17-16-30-23(29(14-7-2)15-8-3)22(28-24(30)25(31,4)5)19-10-12-20(26)13-11-19/h9-13H,6-8,14-18,27H2,1-5H3/b21-9+. The summed E-state index contributed by atoms with van der Waals surface area (Å²) in [6.45, 7) is 15.2. The Morgan fingerprint density at radius 1 is 1.13 bits per heavy atom. The minimum atomic E-state index is -0.296. The number of halogens is 1. The van der Waals surface area contributed by atoms with E-state index in [0.717, 1.165) is 68.3 Å². The van der Waals surface area contributed by atoms with Gasteiger partial charge in [-0.3, -0.25) is 0 Å². The van der Waals surface area contributed by atoms with E-state index in [9.17, 15) is 4.39 Å². The Morgan fingerprint density at radius 2 is 1.77 bits per heavy atom. The smallest absolute Gasteiger partial charge is 0.137 e. The monoisotopic (exact) mass is 427 g/mol. The number of aromatic nitrogens is 2. The summed E-state index contributed by atoms with van der Waals surface area (Å²) in [7, 11) is 0. The molecule has 0 amide bonds. The first-order valence-corrected chi connectivity index (χ1v) is 11.7. The molecule has 0 aliphatic carbocycles. The fourth-order valence-electron chi connectivity index (χ4n) is 4.75. The molecular formula is C25H38FN5. The third-order valence-electron chi connectivity index (χ3n) is 6.11. The molecule has 1 aromatic carbocycles. The molecule has 0 atom stereocenters. The van der Waals surface area contributed by atoms with Crippen LogP contribution in [0.1, 0.15) is 59.7 Å². The van der Waals surface area contributed by atoms with Gasteiger partial charge in [-0.05, 0) is 57.4 Å². The minimum Gasteiger partial charge on any atom is -0.360 e. The van der Waals surface area contributed by atoms with E-state index >= 15 is 0 Å². The number of hydrogen-bond acceptors (Lipinski definition) is 4. The van der Waals surface area contributed by atoms with Gasteiger partial charge in [0.15, 0.2) is 0 Å². The number of nitrogens with zero attached hydrogens (tertiary/aromatic N) is 4. The molecule has 0 fully saturated rings. The highest BCUT2D eigenvalue weighted by Crippen LogP contribution is 2.41. The van der Waals surface area contributed by atoms with E-state index in [0.29, 0.717) is 6.54 Å². The minimum absolute atomic E-state index is 0.225. The van der Waals surface area contributed by atoms with Crippen molar-refractivity contribution in [3.05, 3.63) is 47.7 Å². The first kappa shape index (κ1) is 23.3. The van der Waals surface area contributed by atoms with E-state index in [1.54, 1.807) is 0 Å². The van der Waals surface area contributed by atoms with E-state index in [2.05, 4.69) is 55.1 Å². The Hall–Kier alpha value is -2.34. The zero-order valence-electron chi connectivity index (χ0n) is 19.8. The van der Waals surface area contributed by atoms with Crippen LogP contribution in [0.3, 0.4) is 0 Å². The van der Waals surface area contributed by atoms with Gasteiger partial charge in [-0.2, -0.15) is 0 Å². The summed E-state index contributed by atoms with van der Waals surface area (Å²) in [6.07, 6.45) is 5.31. The number of hydrogen-bond donors (Lipinski definition) is 1. The van der Waals surface area contributed by atoms with Gasteiger partial charge >= 0.3 is 0 Å². The molecular weight excluding hydrogens is 389 g/mol. The molecule has 0 unspecified atom stereocenters. The number of allylic oxidation sites excluding steroid dienone is 1. The molecule has 170 valence electrons. The fourth-order valence-corrected chi connectivity index (χ4v) is 4.75. The van der Waals surface area contributed by atoms with Crippen LogP contribution in [-0.4, -0.2) is 40.6 Å². The molecule has 0 spiro atoms. The van der Waals surface area contributed by atoms with E-state index in [4.69, 9.17) is 10.7 Å². The van der Waals surface area contributed by atoms with Gasteiger partial charge in [-0.1, -0.05) is 26.8 Å². The van der Waals surface area contributed by atoms with Crippen LogP contribution in [-0.2, 0) is 12.1 Å². The van der Waals surface area contributed by atoms with Crippen LogP contribution in [0.15, 0.2) is 36.0 Å². The highest BCUT2D eigenvalue weighted by molar-refractivity contribution is 5.74. The first-order valence-electron chi connectivity index (χ1n) is 11.7. The predicted octanol–water partition coefficient (Wildman–Crippen LogP) is 5.12. The molecule has 2 aromatic rings. The Labute approximate surface area is 186 Å². The van der Waals surface area contributed by atoms with Crippen LogP contribution in [0.4, 0.5) is 10.2 Å². The molecule has 6 heteroatoms. The second kappa shape index (κ2) is 9.86. The summed E-state index contributed by atoms with van der Waals surface area (Å²) in [6, 6.07) is 6.73. The summed E-state index contributed by atoms with van der Waals surface area (Å²) in [5, 5.41) is 0. The van der Waals surface area contributed by atoms with Crippen LogP contribution < -0.4 is 10.6 Å². The van der Waals surface area contributed by atoms with Gasteiger partial charge in [0.2, 0.25) is 0 Å². The number of imidazole rings is 1. The number of fused-ring (bicyclic) bond motifs is 1. The zero-order valence-corrected chi connectivity index (χ0v) is 19.8. The Bertz CT molecular complexity index is 891. The van der Waals surface area contributed by atoms with Crippen molar-refractivity contribution in [1.82, 2.24) is 14.5 Å². The van der Waals surface area contributed by atoms with Gasteiger partial charge in [-0.25, -0.2) is 9.37 Å². The average molecular weight is 428 g/mol. The van der Waals surface area contributed by atoms with Crippen molar-refractivity contribution in [3.63, 3.8) is 0 Å². The highest BCUT2D eigenvalue weighted by atomic mass is 19.1. The van der Waals surface area contributed by atoms with Crippen molar-refractivity contribution in [3.8, 4) is 11.3 Å². The Balaban J connectivity index is 2.19. The van der Waals surface area contributed by atoms with Crippen molar-refractivity contribution >= 4 is 5.82 Å². The predicted molar refractivity (Wildman–Crippen MR) is 128 cm³/mol. The third-order valence-corrected chi connectivity index (χ3v) is 6.11. The fraction of sp³-hybridized carbons (Fsp3) is 0.560. The van der Waals surface area contributed by atoms with Crippen LogP contribution in [0.2, 0.25) is 0 Å². The SMILES string of the molecule is CC/C=C(\CN)N1CCn2c(nc(-c3ccc(F)cc3)c2N(CCC)CCC)C1(C)C. The number of nitrogens with two attached hydrogens (primary N) is 1. The lowest BCUT2D eigenvalue weighted by Gasteiger charge is -2.45. The topological polar surface area (TPSA) is 50.3 Å². The maximum absolute atomic E-state index is 13.6. The molecule has 0 saturated carbocycles. The van der Waals surface area contributed by atoms with E-state index in [1.165, 1.54) is 17.8 Å². The van der Waals surface area contributed by atoms with Crippen molar-refractivity contribution < 1.29 is 4.39 Å². The second-order valence-electron chi connectivity index (χ2n) is 8.77. The molecule has 2 N–H and O–H groups in total. The summed E-state index contributed by atoms with van der Waals surface area (Å²) < 4.78 is 16.0. The van der Waals surface area contributed by atoms with Gasteiger partial charge in [0.05, 0.1) is 5.54 Å². The maximum atomic E-state index is 13.6. The average Bonchev–Trinajstić information content (AvgIpc) is 3.14. The molecule has 0 saturated heterocycles. The maximum Gasteiger partial charge on any atom is 0.137 e. The lowest BCUT2D eigenvalue weighted by Crippen LogP contribution is -2.50. The normalized spacial score (nSPS) is 15.8. The molecule has 1 aromatic heterocycles. The van der Waals surface area contributed by atoms with Gasteiger partial charge in [0, 0.05) is 44.0 Å². The van der Waals surface area contributed by atoms with Crippen LogP contribution in [0.25, 0.3) is 11.3 Å². The third kappa shape index (κ3) is 4.49. The van der Waals surface area contributed by atoms with E-state index in [1.807, 2.05) is 12.1 Å². The number of rotatable bonds is 9.